The highest BCUT2D eigenvalue weighted by molar-refractivity contribution is 7.89. The third-order valence-electron chi connectivity index (χ3n) is 3.59. The monoisotopic (exact) mass is 323 g/mol. The summed E-state index contributed by atoms with van der Waals surface area (Å²) in [5, 5.41) is 0. The van der Waals surface area contributed by atoms with Gasteiger partial charge in [0.05, 0.1) is 6.20 Å². The Kier molecular flexibility index (Phi) is 5.13. The highest BCUT2D eigenvalue weighted by atomic mass is 35.5. The molecule has 1 fully saturated rings. The fraction of sp³-hybridized carbons (Fsp3) is 0.583. The normalized spacial score (nSPS) is 23.1. The van der Waals surface area contributed by atoms with E-state index in [1.54, 1.807) is 0 Å². The number of hydrogen-bond donors (Lipinski definition) is 1. The third kappa shape index (κ3) is 3.28. The molecule has 5 nitrogen and oxygen atoms in total. The molecule has 1 saturated heterocycles. The summed E-state index contributed by atoms with van der Waals surface area (Å²) in [7, 11) is -3.70. The van der Waals surface area contributed by atoms with Crippen LogP contribution in [-0.4, -0.2) is 36.8 Å². The number of nitrogens with zero attached hydrogens (tertiary/aromatic N) is 2. The molecule has 0 aliphatic carbocycles. The molecule has 1 aromatic heterocycles. The number of aromatic nitrogens is 1. The molecular weight excluding hydrogens is 305 g/mol. The maximum absolute atomic E-state index is 13.1. The first kappa shape index (κ1) is 17.3. The molecule has 0 radical (unpaired) electrons. The van der Waals surface area contributed by atoms with Crippen LogP contribution in [-0.2, 0) is 10.0 Å². The number of rotatable bonds is 2. The zero-order valence-electron chi connectivity index (χ0n) is 11.4. The van der Waals surface area contributed by atoms with Crippen LogP contribution in [0.15, 0.2) is 23.4 Å². The lowest BCUT2D eigenvalue weighted by Gasteiger charge is -2.41. The fourth-order valence-electron chi connectivity index (χ4n) is 2.21. The van der Waals surface area contributed by atoms with Crippen LogP contribution in [0.1, 0.15) is 20.3 Å². The Balaban J connectivity index is 0.00000200. The average Bonchev–Trinajstić information content (AvgIpc) is 2.32. The Morgan fingerprint density at radius 1 is 1.45 bits per heavy atom. The van der Waals surface area contributed by atoms with Crippen LogP contribution >= 0.6 is 12.4 Å². The maximum atomic E-state index is 13.1. The van der Waals surface area contributed by atoms with Crippen LogP contribution in [0.5, 0.6) is 0 Å². The fourth-order valence-corrected chi connectivity index (χ4v) is 3.81. The van der Waals surface area contributed by atoms with Crippen molar-refractivity contribution in [1.29, 1.82) is 0 Å². The SMILES string of the molecule is CC1(C)CN(S(=O)(=O)c2cncc(F)c2)CCC1N.Cl. The molecule has 0 amide bonds. The quantitative estimate of drug-likeness (QED) is 0.892. The second-order valence-corrected chi connectivity index (χ2v) is 7.50. The van der Waals surface area contributed by atoms with Gasteiger partial charge in [0.1, 0.15) is 10.7 Å². The number of sulfonamides is 1. The Bertz CT molecular complexity index is 580. The van der Waals surface area contributed by atoms with Crippen molar-refractivity contribution in [2.24, 2.45) is 11.1 Å². The summed E-state index contributed by atoms with van der Waals surface area (Å²) in [5.74, 6) is -0.658. The molecule has 1 atom stereocenters. The van der Waals surface area contributed by atoms with Crippen molar-refractivity contribution in [1.82, 2.24) is 9.29 Å². The minimum Gasteiger partial charge on any atom is -0.327 e. The van der Waals surface area contributed by atoms with Gasteiger partial charge in [-0.05, 0) is 17.9 Å². The van der Waals surface area contributed by atoms with Crippen LogP contribution < -0.4 is 5.73 Å². The van der Waals surface area contributed by atoms with E-state index < -0.39 is 15.8 Å². The second-order valence-electron chi connectivity index (χ2n) is 5.56. The van der Waals surface area contributed by atoms with Gasteiger partial charge in [-0.15, -0.1) is 12.4 Å². The van der Waals surface area contributed by atoms with Crippen LogP contribution in [0.4, 0.5) is 4.39 Å². The summed E-state index contributed by atoms with van der Waals surface area (Å²) in [4.78, 5) is 3.48. The minimum atomic E-state index is -3.70. The van der Waals surface area contributed by atoms with E-state index in [4.69, 9.17) is 5.73 Å². The topological polar surface area (TPSA) is 76.3 Å². The van der Waals surface area contributed by atoms with Gasteiger partial charge >= 0.3 is 0 Å². The van der Waals surface area contributed by atoms with E-state index in [1.807, 2.05) is 13.8 Å². The summed E-state index contributed by atoms with van der Waals surface area (Å²) < 4.78 is 39.3. The van der Waals surface area contributed by atoms with E-state index in [9.17, 15) is 12.8 Å². The summed E-state index contributed by atoms with van der Waals surface area (Å²) in [5.41, 5.74) is 5.69. The van der Waals surface area contributed by atoms with Crippen molar-refractivity contribution in [3.8, 4) is 0 Å². The molecule has 20 heavy (non-hydrogen) atoms. The van der Waals surface area contributed by atoms with Gasteiger partial charge < -0.3 is 5.73 Å². The van der Waals surface area contributed by atoms with Crippen molar-refractivity contribution >= 4 is 22.4 Å². The molecule has 114 valence electrons. The summed E-state index contributed by atoms with van der Waals surface area (Å²) in [6.45, 7) is 4.54. The first-order valence-corrected chi connectivity index (χ1v) is 7.54. The minimum absolute atomic E-state index is 0. The van der Waals surface area contributed by atoms with Gasteiger partial charge in [0.2, 0.25) is 10.0 Å². The molecule has 0 spiro atoms. The van der Waals surface area contributed by atoms with Crippen LogP contribution in [0, 0.1) is 11.2 Å². The van der Waals surface area contributed by atoms with Crippen molar-refractivity contribution in [2.45, 2.75) is 31.2 Å². The van der Waals surface area contributed by atoms with Gasteiger partial charge in [-0.3, -0.25) is 4.98 Å². The van der Waals surface area contributed by atoms with Crippen LogP contribution in [0.25, 0.3) is 0 Å². The number of piperidine rings is 1. The Morgan fingerprint density at radius 3 is 2.65 bits per heavy atom. The molecule has 2 heterocycles. The van der Waals surface area contributed by atoms with Gasteiger partial charge in [0.25, 0.3) is 0 Å². The van der Waals surface area contributed by atoms with E-state index in [0.717, 1.165) is 12.3 Å². The van der Waals surface area contributed by atoms with Crippen LogP contribution in [0.3, 0.4) is 0 Å². The van der Waals surface area contributed by atoms with E-state index in [0.29, 0.717) is 19.5 Å². The first-order valence-electron chi connectivity index (χ1n) is 6.10. The zero-order valence-corrected chi connectivity index (χ0v) is 13.0. The van der Waals surface area contributed by atoms with Gasteiger partial charge in [0.15, 0.2) is 0 Å². The molecule has 0 bridgehead atoms. The zero-order chi connectivity index (χ0) is 14.3. The lowest BCUT2D eigenvalue weighted by Crippen LogP contribution is -2.53. The second kappa shape index (κ2) is 5.93. The Labute approximate surface area is 124 Å². The standard InChI is InChI=1S/C12H18FN3O2S.ClH/c1-12(2)8-16(4-3-11(12)14)19(17,18)10-5-9(13)6-15-7-10;/h5-7,11H,3-4,8,14H2,1-2H3;1H. The summed E-state index contributed by atoms with van der Waals surface area (Å²) in [6, 6.07) is 0.953. The first-order chi connectivity index (χ1) is 8.73. The lowest BCUT2D eigenvalue weighted by molar-refractivity contribution is 0.155. The Morgan fingerprint density at radius 2 is 2.10 bits per heavy atom. The molecule has 1 aliphatic rings. The highest BCUT2D eigenvalue weighted by Gasteiger charge is 2.38. The van der Waals surface area contributed by atoms with Gasteiger partial charge in [-0.1, -0.05) is 13.8 Å². The van der Waals surface area contributed by atoms with E-state index in [2.05, 4.69) is 4.98 Å². The third-order valence-corrected chi connectivity index (χ3v) is 5.41. The van der Waals surface area contributed by atoms with Crippen molar-refractivity contribution < 1.29 is 12.8 Å². The van der Waals surface area contributed by atoms with Crippen LogP contribution in [0.2, 0.25) is 0 Å². The van der Waals surface area contributed by atoms with Crippen molar-refractivity contribution in [3.05, 3.63) is 24.3 Å². The number of hydrogen-bond acceptors (Lipinski definition) is 4. The molecule has 2 rings (SSSR count). The maximum Gasteiger partial charge on any atom is 0.244 e. The van der Waals surface area contributed by atoms with Gasteiger partial charge in [-0.25, -0.2) is 12.8 Å². The average molecular weight is 324 g/mol. The molecular formula is C12H19ClFN3O2S. The summed E-state index contributed by atoms with van der Waals surface area (Å²) >= 11 is 0. The van der Waals surface area contributed by atoms with E-state index in [1.165, 1.54) is 10.5 Å². The lowest BCUT2D eigenvalue weighted by atomic mass is 9.81. The molecule has 1 unspecified atom stereocenters. The smallest absolute Gasteiger partial charge is 0.244 e. The molecule has 1 aliphatic heterocycles. The van der Waals surface area contributed by atoms with Crippen molar-refractivity contribution in [2.75, 3.05) is 13.1 Å². The molecule has 0 aromatic carbocycles. The largest absolute Gasteiger partial charge is 0.327 e. The summed E-state index contributed by atoms with van der Waals surface area (Å²) in [6.07, 6.45) is 2.74. The highest BCUT2D eigenvalue weighted by Crippen LogP contribution is 2.31. The predicted octanol–water partition coefficient (Wildman–Crippen LogP) is 1.39. The molecule has 1 aromatic rings. The molecule has 0 saturated carbocycles. The predicted molar refractivity (Wildman–Crippen MR) is 76.6 cm³/mol. The van der Waals surface area contributed by atoms with Gasteiger partial charge in [0, 0.05) is 25.3 Å². The van der Waals surface area contributed by atoms with E-state index >= 15 is 0 Å². The van der Waals surface area contributed by atoms with Gasteiger partial charge in [-0.2, -0.15) is 4.31 Å². The number of pyridine rings is 1. The van der Waals surface area contributed by atoms with E-state index in [-0.39, 0.29) is 28.8 Å². The number of halogens is 2. The Hall–Kier alpha value is -0.760. The van der Waals surface area contributed by atoms with Crippen molar-refractivity contribution in [3.63, 3.8) is 0 Å². The number of nitrogens with two attached hydrogens (primary N) is 1. The molecule has 8 heteroatoms. The molecule has 2 N–H and O–H groups in total.